The number of nitrogens with two attached hydrogens (primary N) is 1. The Hall–Kier alpha value is -2.45. The predicted octanol–water partition coefficient (Wildman–Crippen LogP) is -0.657. The van der Waals surface area contributed by atoms with Crippen molar-refractivity contribution >= 4 is 12.0 Å². The van der Waals surface area contributed by atoms with Crippen LogP contribution in [0.3, 0.4) is 0 Å². The maximum atomic E-state index is 10.8. The van der Waals surface area contributed by atoms with Gasteiger partial charge in [0, 0.05) is 0 Å². The SMILES string of the molecule is NC(=O)/N=N/c1nc(O)c(O)c(=O)[nH]1. The van der Waals surface area contributed by atoms with E-state index < -0.39 is 29.2 Å². The second-order valence-electron chi connectivity index (χ2n) is 2.10. The molecule has 9 heteroatoms. The third-order valence-corrected chi connectivity index (χ3v) is 1.11. The molecule has 1 heterocycles. The van der Waals surface area contributed by atoms with Crippen molar-refractivity contribution in [1.82, 2.24) is 9.97 Å². The molecule has 0 unspecified atom stereocenters. The van der Waals surface area contributed by atoms with Crippen molar-refractivity contribution in [2.75, 3.05) is 0 Å². The van der Waals surface area contributed by atoms with E-state index in [2.05, 4.69) is 20.9 Å². The summed E-state index contributed by atoms with van der Waals surface area (Å²) in [5, 5.41) is 23.6. The van der Waals surface area contributed by atoms with E-state index in [4.69, 9.17) is 10.2 Å². The molecular weight excluding hydrogens is 194 g/mol. The predicted molar refractivity (Wildman–Crippen MR) is 42.3 cm³/mol. The van der Waals surface area contributed by atoms with E-state index in [1.54, 1.807) is 0 Å². The van der Waals surface area contributed by atoms with Gasteiger partial charge in [-0.2, -0.15) is 4.98 Å². The van der Waals surface area contributed by atoms with E-state index in [1.807, 2.05) is 4.98 Å². The molecule has 0 saturated heterocycles. The lowest BCUT2D eigenvalue weighted by atomic mass is 10.5. The van der Waals surface area contributed by atoms with Gasteiger partial charge in [-0.3, -0.25) is 9.78 Å². The number of azo groups is 1. The Morgan fingerprint density at radius 2 is 2.14 bits per heavy atom. The molecule has 1 aromatic heterocycles. The second kappa shape index (κ2) is 3.51. The molecule has 0 aromatic carbocycles. The topological polar surface area (TPSA) is 154 Å². The van der Waals surface area contributed by atoms with Crippen LogP contribution in [0.1, 0.15) is 0 Å². The number of aromatic hydroxyl groups is 2. The van der Waals surface area contributed by atoms with Crippen molar-refractivity contribution in [1.29, 1.82) is 0 Å². The highest BCUT2D eigenvalue weighted by atomic mass is 16.3. The smallest absolute Gasteiger partial charge is 0.357 e. The maximum Gasteiger partial charge on any atom is 0.357 e. The van der Waals surface area contributed by atoms with Crippen LogP contribution >= 0.6 is 0 Å². The lowest BCUT2D eigenvalue weighted by Crippen LogP contribution is -2.06. The van der Waals surface area contributed by atoms with Crippen LogP contribution in [-0.4, -0.2) is 26.2 Å². The van der Waals surface area contributed by atoms with Crippen LogP contribution in [0.5, 0.6) is 11.6 Å². The zero-order valence-electron chi connectivity index (χ0n) is 6.63. The van der Waals surface area contributed by atoms with Crippen LogP contribution in [0, 0.1) is 0 Å². The molecule has 0 atom stereocenters. The van der Waals surface area contributed by atoms with Gasteiger partial charge in [-0.25, -0.2) is 4.79 Å². The Kier molecular flexibility index (Phi) is 2.42. The highest BCUT2D eigenvalue weighted by molar-refractivity contribution is 5.72. The highest BCUT2D eigenvalue weighted by Crippen LogP contribution is 2.17. The molecule has 0 fully saturated rings. The van der Waals surface area contributed by atoms with Crippen LogP contribution in [0.2, 0.25) is 0 Å². The van der Waals surface area contributed by atoms with Gasteiger partial charge in [0.05, 0.1) is 0 Å². The maximum absolute atomic E-state index is 10.8. The molecule has 5 N–H and O–H groups in total. The summed E-state index contributed by atoms with van der Waals surface area (Å²) in [6, 6.07) is -1.08. The molecule has 74 valence electrons. The van der Waals surface area contributed by atoms with Crippen molar-refractivity contribution in [2.24, 2.45) is 16.0 Å². The molecule has 1 aromatic rings. The number of nitrogens with one attached hydrogen (secondary N) is 1. The summed E-state index contributed by atoms with van der Waals surface area (Å²) in [6.07, 6.45) is 0. The van der Waals surface area contributed by atoms with E-state index in [0.717, 1.165) is 0 Å². The van der Waals surface area contributed by atoms with E-state index in [-0.39, 0.29) is 0 Å². The van der Waals surface area contributed by atoms with Gasteiger partial charge >= 0.3 is 6.03 Å². The molecule has 0 aliphatic carbocycles. The summed E-state index contributed by atoms with van der Waals surface area (Å²) >= 11 is 0. The third-order valence-electron chi connectivity index (χ3n) is 1.11. The number of urea groups is 1. The number of rotatable bonds is 1. The summed E-state index contributed by atoms with van der Waals surface area (Å²) in [6.45, 7) is 0. The number of carbonyl (C=O) groups is 1. The van der Waals surface area contributed by atoms with Gasteiger partial charge in [-0.05, 0) is 0 Å². The number of aromatic nitrogens is 2. The lowest BCUT2D eigenvalue weighted by Gasteiger charge is -1.94. The summed E-state index contributed by atoms with van der Waals surface area (Å²) in [5.41, 5.74) is 3.61. The molecular formula is C5H5N5O4. The first-order valence-corrected chi connectivity index (χ1v) is 3.24. The van der Waals surface area contributed by atoms with E-state index >= 15 is 0 Å². The van der Waals surface area contributed by atoms with E-state index in [0.29, 0.717) is 0 Å². The van der Waals surface area contributed by atoms with Crippen LogP contribution in [0.4, 0.5) is 10.7 Å². The fourth-order valence-corrected chi connectivity index (χ4v) is 0.588. The number of hydrogen-bond donors (Lipinski definition) is 4. The van der Waals surface area contributed by atoms with Crippen molar-refractivity contribution in [3.05, 3.63) is 10.4 Å². The molecule has 0 aliphatic rings. The zero-order chi connectivity index (χ0) is 10.7. The lowest BCUT2D eigenvalue weighted by molar-refractivity contribution is 0.255. The molecule has 1 rings (SSSR count). The number of primary amides is 1. The number of H-pyrrole nitrogens is 1. The molecule has 14 heavy (non-hydrogen) atoms. The third kappa shape index (κ3) is 2.03. The molecule has 2 amide bonds. The zero-order valence-corrected chi connectivity index (χ0v) is 6.63. The summed E-state index contributed by atoms with van der Waals surface area (Å²) < 4.78 is 0. The Morgan fingerprint density at radius 1 is 1.50 bits per heavy atom. The summed E-state index contributed by atoms with van der Waals surface area (Å²) in [4.78, 5) is 26.0. The Balaban J connectivity index is 3.14. The quantitative estimate of drug-likeness (QED) is 0.442. The van der Waals surface area contributed by atoms with Gasteiger partial charge in [0.1, 0.15) is 0 Å². The Morgan fingerprint density at radius 3 is 2.64 bits per heavy atom. The fraction of sp³-hybridized carbons (Fsp3) is 0. The minimum absolute atomic E-state index is 0.441. The van der Waals surface area contributed by atoms with Crippen LogP contribution in [-0.2, 0) is 0 Å². The highest BCUT2D eigenvalue weighted by Gasteiger charge is 2.07. The van der Waals surface area contributed by atoms with Gasteiger partial charge in [-0.1, -0.05) is 5.11 Å². The van der Waals surface area contributed by atoms with E-state index in [9.17, 15) is 9.59 Å². The van der Waals surface area contributed by atoms with E-state index in [1.165, 1.54) is 0 Å². The van der Waals surface area contributed by atoms with Crippen LogP contribution in [0.25, 0.3) is 0 Å². The Bertz CT molecular complexity index is 450. The minimum atomic E-state index is -1.08. The van der Waals surface area contributed by atoms with Gasteiger partial charge in [0.15, 0.2) is 0 Å². The minimum Gasteiger partial charge on any atom is -0.499 e. The molecule has 0 spiro atoms. The first-order valence-electron chi connectivity index (χ1n) is 3.24. The second-order valence-corrected chi connectivity index (χ2v) is 2.10. The molecule has 0 saturated carbocycles. The van der Waals surface area contributed by atoms with Crippen molar-refractivity contribution in [3.63, 3.8) is 0 Å². The van der Waals surface area contributed by atoms with Crippen LogP contribution in [0.15, 0.2) is 15.0 Å². The van der Waals surface area contributed by atoms with Crippen molar-refractivity contribution < 1.29 is 15.0 Å². The molecule has 0 aliphatic heterocycles. The molecule has 9 nitrogen and oxygen atoms in total. The van der Waals surface area contributed by atoms with Crippen LogP contribution < -0.4 is 11.3 Å². The average Bonchev–Trinajstić information content (AvgIpc) is 2.10. The number of carbonyl (C=O) groups excluding carboxylic acids is 1. The van der Waals surface area contributed by atoms with Crippen molar-refractivity contribution in [3.8, 4) is 11.6 Å². The summed E-state index contributed by atoms with van der Waals surface area (Å²) in [7, 11) is 0. The first kappa shape index (κ1) is 9.64. The summed E-state index contributed by atoms with van der Waals surface area (Å²) in [5.74, 6) is -2.29. The normalized spacial score (nSPS) is 10.6. The average molecular weight is 199 g/mol. The van der Waals surface area contributed by atoms with Gasteiger partial charge in [0.2, 0.25) is 5.75 Å². The largest absolute Gasteiger partial charge is 0.499 e. The fourth-order valence-electron chi connectivity index (χ4n) is 0.588. The molecule has 0 radical (unpaired) electrons. The van der Waals surface area contributed by atoms with Gasteiger partial charge in [-0.15, -0.1) is 5.11 Å². The monoisotopic (exact) mass is 199 g/mol. The first-order chi connectivity index (χ1) is 6.50. The Labute approximate surface area is 75.9 Å². The molecule has 0 bridgehead atoms. The number of nitrogens with zero attached hydrogens (tertiary/aromatic N) is 3. The van der Waals surface area contributed by atoms with Gasteiger partial charge in [0.25, 0.3) is 17.4 Å². The standard InChI is InChI=1S/C5H5N5O4/c6-4(14)9-10-5-7-2(12)1(11)3(13)8-5/h11H,(H2,6,14)(H2,7,8,12,13)/b10-9+. The van der Waals surface area contributed by atoms with Gasteiger partial charge < -0.3 is 15.9 Å². The van der Waals surface area contributed by atoms with Crippen molar-refractivity contribution in [2.45, 2.75) is 0 Å². The number of hydrogen-bond acceptors (Lipinski definition) is 6. The number of amides is 2. The number of aromatic amines is 1.